The van der Waals surface area contributed by atoms with Crippen molar-refractivity contribution in [3.8, 4) is 0 Å². The van der Waals surface area contributed by atoms with Gasteiger partial charge in [0.15, 0.2) is 0 Å². The van der Waals surface area contributed by atoms with Crippen LogP contribution >= 0.6 is 0 Å². The van der Waals surface area contributed by atoms with Crippen LogP contribution in [0.25, 0.3) is 5.65 Å². The lowest BCUT2D eigenvalue weighted by Crippen LogP contribution is -2.37. The summed E-state index contributed by atoms with van der Waals surface area (Å²) in [7, 11) is 0. The minimum Gasteiger partial charge on any atom is -0.392 e. The number of fused-ring (bicyclic) bond motifs is 1. The maximum absolute atomic E-state index is 9.67. The van der Waals surface area contributed by atoms with Crippen LogP contribution in [0.15, 0.2) is 24.4 Å². The minimum absolute atomic E-state index is 0.169. The fraction of sp³-hybridized carbons (Fsp3) is 0.500. The largest absolute Gasteiger partial charge is 0.392 e. The van der Waals surface area contributed by atoms with Crippen molar-refractivity contribution in [2.75, 3.05) is 13.1 Å². The lowest BCUT2D eigenvalue weighted by atomic mass is 10.1. The highest BCUT2D eigenvalue weighted by Crippen LogP contribution is 2.14. The van der Waals surface area contributed by atoms with Gasteiger partial charge in [-0.15, -0.1) is 0 Å². The summed E-state index contributed by atoms with van der Waals surface area (Å²) < 4.78 is 2.12. The van der Waals surface area contributed by atoms with Crippen LogP contribution in [-0.2, 0) is 6.54 Å². The van der Waals surface area contributed by atoms with Gasteiger partial charge in [-0.05, 0) is 38.4 Å². The number of hydrogen-bond donors (Lipinski definition) is 1. The summed E-state index contributed by atoms with van der Waals surface area (Å²) in [6.45, 7) is 4.75. The molecule has 1 unspecified atom stereocenters. The number of imidazole rings is 1. The van der Waals surface area contributed by atoms with E-state index in [0.717, 1.165) is 43.8 Å². The molecule has 96 valence electrons. The van der Waals surface area contributed by atoms with Gasteiger partial charge in [-0.3, -0.25) is 4.90 Å². The predicted molar refractivity (Wildman–Crippen MR) is 70.4 cm³/mol. The van der Waals surface area contributed by atoms with Gasteiger partial charge in [-0.25, -0.2) is 4.98 Å². The monoisotopic (exact) mass is 245 g/mol. The highest BCUT2D eigenvalue weighted by molar-refractivity contribution is 5.41. The molecule has 1 N–H and O–H groups in total. The number of pyridine rings is 1. The normalized spacial score (nSPS) is 21.6. The molecule has 0 aromatic carbocycles. The topological polar surface area (TPSA) is 40.8 Å². The van der Waals surface area contributed by atoms with E-state index in [0.29, 0.717) is 0 Å². The van der Waals surface area contributed by atoms with E-state index in [4.69, 9.17) is 0 Å². The zero-order valence-electron chi connectivity index (χ0n) is 10.7. The van der Waals surface area contributed by atoms with Gasteiger partial charge in [-0.1, -0.05) is 6.07 Å². The molecule has 4 heteroatoms. The van der Waals surface area contributed by atoms with E-state index in [2.05, 4.69) is 33.5 Å². The van der Waals surface area contributed by atoms with Gasteiger partial charge in [0.2, 0.25) is 0 Å². The maximum Gasteiger partial charge on any atom is 0.137 e. The third-order valence-corrected chi connectivity index (χ3v) is 3.61. The molecule has 1 aliphatic rings. The Bertz CT molecular complexity index is 549. The Labute approximate surface area is 107 Å². The summed E-state index contributed by atoms with van der Waals surface area (Å²) in [5, 5.41) is 9.67. The molecule has 0 amide bonds. The van der Waals surface area contributed by atoms with Crippen molar-refractivity contribution >= 4 is 5.65 Å². The first kappa shape index (κ1) is 11.7. The molecule has 1 aliphatic heterocycles. The molecule has 0 bridgehead atoms. The Hall–Kier alpha value is -1.39. The van der Waals surface area contributed by atoms with Crippen LogP contribution in [0.3, 0.4) is 0 Å². The summed E-state index contributed by atoms with van der Waals surface area (Å²) in [6.07, 6.45) is 3.94. The molecule has 4 nitrogen and oxygen atoms in total. The van der Waals surface area contributed by atoms with Crippen molar-refractivity contribution in [1.82, 2.24) is 14.3 Å². The summed E-state index contributed by atoms with van der Waals surface area (Å²) in [5.74, 6) is 0. The molecule has 1 fully saturated rings. The fourth-order valence-electron chi connectivity index (χ4n) is 2.68. The van der Waals surface area contributed by atoms with Gasteiger partial charge in [0.1, 0.15) is 5.65 Å². The molecule has 3 rings (SSSR count). The molecule has 0 aliphatic carbocycles. The van der Waals surface area contributed by atoms with Crippen LogP contribution in [0.1, 0.15) is 24.2 Å². The van der Waals surface area contributed by atoms with Crippen LogP contribution in [0, 0.1) is 6.92 Å². The minimum atomic E-state index is -0.169. The van der Waals surface area contributed by atoms with Crippen LogP contribution in [0.2, 0.25) is 0 Å². The van der Waals surface area contributed by atoms with Crippen LogP contribution in [0.4, 0.5) is 0 Å². The average Bonchev–Trinajstić information content (AvgIpc) is 2.73. The zero-order valence-corrected chi connectivity index (χ0v) is 10.7. The van der Waals surface area contributed by atoms with E-state index in [9.17, 15) is 5.11 Å². The predicted octanol–water partition coefficient (Wildman–Crippen LogP) is 1.60. The second-order valence-electron chi connectivity index (χ2n) is 5.16. The van der Waals surface area contributed by atoms with E-state index >= 15 is 0 Å². The molecule has 0 spiro atoms. The first-order valence-electron chi connectivity index (χ1n) is 6.56. The molecule has 3 heterocycles. The smallest absolute Gasteiger partial charge is 0.137 e. The first-order valence-corrected chi connectivity index (χ1v) is 6.56. The van der Waals surface area contributed by atoms with Crippen LogP contribution in [0.5, 0.6) is 0 Å². The van der Waals surface area contributed by atoms with Gasteiger partial charge in [0.05, 0.1) is 11.8 Å². The van der Waals surface area contributed by atoms with Crippen molar-refractivity contribution in [3.05, 3.63) is 35.8 Å². The van der Waals surface area contributed by atoms with E-state index in [1.807, 2.05) is 12.1 Å². The van der Waals surface area contributed by atoms with E-state index in [1.165, 1.54) is 5.69 Å². The van der Waals surface area contributed by atoms with Gasteiger partial charge in [0, 0.05) is 25.0 Å². The number of piperidine rings is 1. The van der Waals surface area contributed by atoms with Crippen molar-refractivity contribution in [1.29, 1.82) is 0 Å². The lowest BCUT2D eigenvalue weighted by Gasteiger charge is -2.29. The zero-order chi connectivity index (χ0) is 12.5. The summed E-state index contributed by atoms with van der Waals surface area (Å²) in [6, 6.07) is 6.15. The Morgan fingerprint density at radius 3 is 3.11 bits per heavy atom. The van der Waals surface area contributed by atoms with E-state index in [-0.39, 0.29) is 6.10 Å². The molecule has 1 atom stereocenters. The number of β-amino-alcohol motifs (C(OH)–C–C–N with tert-alkyl or cyclic N) is 1. The van der Waals surface area contributed by atoms with Crippen molar-refractivity contribution in [2.24, 2.45) is 0 Å². The number of nitrogens with zero attached hydrogens (tertiary/aromatic N) is 3. The number of aryl methyl sites for hydroxylation is 1. The molecule has 0 saturated carbocycles. The molecular weight excluding hydrogens is 226 g/mol. The number of aliphatic hydroxyl groups excluding tert-OH is 1. The average molecular weight is 245 g/mol. The highest BCUT2D eigenvalue weighted by Gasteiger charge is 2.18. The second kappa shape index (κ2) is 4.71. The SMILES string of the molecule is Cc1cccc2nc(CN3CCCC(O)C3)cn12. The summed E-state index contributed by atoms with van der Waals surface area (Å²) in [4.78, 5) is 6.92. The Balaban J connectivity index is 1.80. The third kappa shape index (κ3) is 2.26. The van der Waals surface area contributed by atoms with Gasteiger partial charge >= 0.3 is 0 Å². The Morgan fingerprint density at radius 1 is 1.44 bits per heavy atom. The molecule has 0 radical (unpaired) electrons. The van der Waals surface area contributed by atoms with Crippen molar-refractivity contribution in [2.45, 2.75) is 32.4 Å². The van der Waals surface area contributed by atoms with Gasteiger partial charge in [0.25, 0.3) is 0 Å². The van der Waals surface area contributed by atoms with Gasteiger partial charge < -0.3 is 9.51 Å². The van der Waals surface area contributed by atoms with Gasteiger partial charge in [-0.2, -0.15) is 0 Å². The lowest BCUT2D eigenvalue weighted by molar-refractivity contribution is 0.0663. The second-order valence-corrected chi connectivity index (χ2v) is 5.16. The number of aliphatic hydroxyl groups is 1. The molecule has 18 heavy (non-hydrogen) atoms. The number of likely N-dealkylation sites (tertiary alicyclic amines) is 1. The maximum atomic E-state index is 9.67. The quantitative estimate of drug-likeness (QED) is 0.873. The van der Waals surface area contributed by atoms with Crippen LogP contribution < -0.4 is 0 Å². The molecule has 2 aromatic rings. The van der Waals surface area contributed by atoms with Crippen LogP contribution in [-0.4, -0.2) is 38.6 Å². The summed E-state index contributed by atoms with van der Waals surface area (Å²) >= 11 is 0. The molecule has 2 aromatic heterocycles. The molecule has 1 saturated heterocycles. The first-order chi connectivity index (χ1) is 8.72. The number of rotatable bonds is 2. The Morgan fingerprint density at radius 2 is 2.33 bits per heavy atom. The van der Waals surface area contributed by atoms with Crippen molar-refractivity contribution < 1.29 is 5.11 Å². The number of aromatic nitrogens is 2. The summed E-state index contributed by atoms with van der Waals surface area (Å²) in [5.41, 5.74) is 3.28. The van der Waals surface area contributed by atoms with E-state index < -0.39 is 0 Å². The number of hydrogen-bond acceptors (Lipinski definition) is 3. The van der Waals surface area contributed by atoms with Crippen molar-refractivity contribution in [3.63, 3.8) is 0 Å². The molecular formula is C14H19N3O. The third-order valence-electron chi connectivity index (χ3n) is 3.61. The van der Waals surface area contributed by atoms with E-state index in [1.54, 1.807) is 0 Å². The Kier molecular flexibility index (Phi) is 3.06. The standard InChI is InChI=1S/C14H19N3O/c1-11-4-2-6-14-15-12(9-17(11)14)8-16-7-3-5-13(18)10-16/h2,4,6,9,13,18H,3,5,7-8,10H2,1H3. The fourth-order valence-corrected chi connectivity index (χ4v) is 2.68. The highest BCUT2D eigenvalue weighted by atomic mass is 16.3.